The minimum atomic E-state index is 0.593. The maximum atomic E-state index is 10.7. The number of hydrogen-bond donors (Lipinski definition) is 0. The highest BCUT2D eigenvalue weighted by Crippen LogP contribution is 2.16. The summed E-state index contributed by atoms with van der Waals surface area (Å²) in [4.78, 5) is 10.7. The molecular weight excluding hydrogens is 212 g/mol. The summed E-state index contributed by atoms with van der Waals surface area (Å²) in [6.07, 6.45) is 2.34. The Labute approximate surface area is 92.3 Å². The molecule has 0 atom stereocenters. The molecule has 0 radical (unpaired) electrons. The molecule has 76 valence electrons. The average Bonchev–Trinajstić information content (AvgIpc) is 2.59. The van der Waals surface area contributed by atoms with Crippen molar-refractivity contribution in [1.29, 1.82) is 0 Å². The zero-order valence-electron chi connectivity index (χ0n) is 8.14. The van der Waals surface area contributed by atoms with Crippen molar-refractivity contribution >= 4 is 17.9 Å². The first kappa shape index (κ1) is 9.93. The van der Waals surface area contributed by atoms with Gasteiger partial charge in [0.25, 0.3) is 0 Å². The number of rotatable bonds is 2. The fourth-order valence-electron chi connectivity index (χ4n) is 1.41. The lowest BCUT2D eigenvalue weighted by molar-refractivity contribution is 0.112. The van der Waals surface area contributed by atoms with E-state index in [0.29, 0.717) is 10.6 Å². The molecule has 0 spiro atoms. The molecule has 0 saturated carbocycles. The summed E-state index contributed by atoms with van der Waals surface area (Å²) < 4.78 is 1.69. The van der Waals surface area contributed by atoms with Crippen molar-refractivity contribution < 1.29 is 4.79 Å². The SMILES string of the molecule is Cc1c(C=O)cnn1-c1cccc(Cl)c1. The van der Waals surface area contributed by atoms with Gasteiger partial charge in [-0.3, -0.25) is 4.79 Å². The normalized spacial score (nSPS) is 10.3. The third-order valence-electron chi connectivity index (χ3n) is 2.23. The highest BCUT2D eigenvalue weighted by molar-refractivity contribution is 6.30. The Hall–Kier alpha value is -1.61. The summed E-state index contributed by atoms with van der Waals surface area (Å²) in [6, 6.07) is 7.33. The number of benzene rings is 1. The molecule has 2 rings (SSSR count). The van der Waals surface area contributed by atoms with Gasteiger partial charge < -0.3 is 0 Å². The van der Waals surface area contributed by atoms with Crippen LogP contribution in [0.15, 0.2) is 30.5 Å². The van der Waals surface area contributed by atoms with Crippen LogP contribution in [-0.2, 0) is 0 Å². The van der Waals surface area contributed by atoms with E-state index in [-0.39, 0.29) is 0 Å². The van der Waals surface area contributed by atoms with Crippen molar-refractivity contribution in [1.82, 2.24) is 9.78 Å². The average molecular weight is 221 g/mol. The van der Waals surface area contributed by atoms with E-state index in [9.17, 15) is 4.79 Å². The number of hydrogen-bond acceptors (Lipinski definition) is 2. The van der Waals surface area contributed by atoms with E-state index in [2.05, 4.69) is 5.10 Å². The van der Waals surface area contributed by atoms with Gasteiger partial charge >= 0.3 is 0 Å². The van der Waals surface area contributed by atoms with E-state index in [1.54, 1.807) is 23.0 Å². The second kappa shape index (κ2) is 3.87. The fraction of sp³-hybridized carbons (Fsp3) is 0.0909. The van der Waals surface area contributed by atoms with Crippen LogP contribution in [0.1, 0.15) is 16.1 Å². The largest absolute Gasteiger partial charge is 0.298 e. The van der Waals surface area contributed by atoms with Gasteiger partial charge in [-0.1, -0.05) is 17.7 Å². The number of aromatic nitrogens is 2. The Balaban J connectivity index is 2.54. The molecule has 0 N–H and O–H groups in total. The number of carbonyl (C=O) groups is 1. The van der Waals surface area contributed by atoms with Crippen LogP contribution in [-0.4, -0.2) is 16.1 Å². The Bertz CT molecular complexity index is 505. The van der Waals surface area contributed by atoms with Crippen molar-refractivity contribution in [2.24, 2.45) is 0 Å². The molecule has 2 aromatic rings. The Morgan fingerprint density at radius 3 is 2.87 bits per heavy atom. The van der Waals surface area contributed by atoms with E-state index >= 15 is 0 Å². The molecule has 0 amide bonds. The van der Waals surface area contributed by atoms with Gasteiger partial charge in [-0.25, -0.2) is 4.68 Å². The molecule has 1 heterocycles. The Morgan fingerprint density at radius 2 is 2.27 bits per heavy atom. The van der Waals surface area contributed by atoms with Gasteiger partial charge in [0.05, 0.1) is 23.1 Å². The summed E-state index contributed by atoms with van der Waals surface area (Å²) in [5.41, 5.74) is 2.26. The predicted molar refractivity (Wildman–Crippen MR) is 58.7 cm³/mol. The van der Waals surface area contributed by atoms with E-state index < -0.39 is 0 Å². The van der Waals surface area contributed by atoms with Crippen LogP contribution in [0.2, 0.25) is 5.02 Å². The first-order chi connectivity index (χ1) is 7.22. The van der Waals surface area contributed by atoms with Crippen molar-refractivity contribution in [3.05, 3.63) is 46.7 Å². The highest BCUT2D eigenvalue weighted by atomic mass is 35.5. The van der Waals surface area contributed by atoms with Crippen LogP contribution in [0.4, 0.5) is 0 Å². The maximum absolute atomic E-state index is 10.7. The smallest absolute Gasteiger partial charge is 0.153 e. The third kappa shape index (κ3) is 1.78. The fourth-order valence-corrected chi connectivity index (χ4v) is 1.59. The topological polar surface area (TPSA) is 34.9 Å². The Kier molecular flexibility index (Phi) is 2.56. The number of carbonyl (C=O) groups excluding carboxylic acids is 1. The van der Waals surface area contributed by atoms with Crippen molar-refractivity contribution in [3.63, 3.8) is 0 Å². The van der Waals surface area contributed by atoms with Crippen LogP contribution < -0.4 is 0 Å². The van der Waals surface area contributed by atoms with Gasteiger partial charge in [-0.05, 0) is 25.1 Å². The molecule has 4 heteroatoms. The maximum Gasteiger partial charge on any atom is 0.153 e. The molecule has 0 aliphatic carbocycles. The monoisotopic (exact) mass is 220 g/mol. The first-order valence-electron chi connectivity index (χ1n) is 4.48. The molecule has 1 aromatic heterocycles. The zero-order chi connectivity index (χ0) is 10.8. The first-order valence-corrected chi connectivity index (χ1v) is 4.86. The van der Waals surface area contributed by atoms with Crippen LogP contribution in [0.3, 0.4) is 0 Å². The number of halogens is 1. The number of aldehydes is 1. The van der Waals surface area contributed by atoms with E-state index in [0.717, 1.165) is 17.7 Å². The highest BCUT2D eigenvalue weighted by Gasteiger charge is 2.06. The standard InChI is InChI=1S/C11H9ClN2O/c1-8-9(7-15)6-13-14(8)11-4-2-3-10(12)5-11/h2-7H,1H3. The summed E-state index contributed by atoms with van der Waals surface area (Å²) >= 11 is 5.88. The second-order valence-corrected chi connectivity index (χ2v) is 3.63. The third-order valence-corrected chi connectivity index (χ3v) is 2.46. The van der Waals surface area contributed by atoms with Crippen LogP contribution in [0.25, 0.3) is 5.69 Å². The molecule has 0 bridgehead atoms. The Morgan fingerprint density at radius 1 is 1.47 bits per heavy atom. The summed E-state index contributed by atoms with van der Waals surface area (Å²) in [6.45, 7) is 1.84. The van der Waals surface area contributed by atoms with Crippen molar-refractivity contribution in [3.8, 4) is 5.69 Å². The minimum absolute atomic E-state index is 0.593. The molecule has 0 aliphatic rings. The molecule has 0 unspecified atom stereocenters. The molecule has 1 aromatic carbocycles. The van der Waals surface area contributed by atoms with Crippen LogP contribution in [0.5, 0.6) is 0 Å². The molecule has 0 fully saturated rings. The lowest BCUT2D eigenvalue weighted by Gasteiger charge is -2.04. The molecule has 15 heavy (non-hydrogen) atoms. The predicted octanol–water partition coefficient (Wildman–Crippen LogP) is 2.65. The summed E-state index contributed by atoms with van der Waals surface area (Å²) in [5.74, 6) is 0. The zero-order valence-corrected chi connectivity index (χ0v) is 8.90. The lowest BCUT2D eigenvalue weighted by atomic mass is 10.2. The number of nitrogens with zero attached hydrogens (tertiary/aromatic N) is 2. The van der Waals surface area contributed by atoms with Gasteiger partial charge in [-0.2, -0.15) is 5.10 Å². The second-order valence-electron chi connectivity index (χ2n) is 3.19. The quantitative estimate of drug-likeness (QED) is 0.730. The summed E-state index contributed by atoms with van der Waals surface area (Å²) in [7, 11) is 0. The van der Waals surface area contributed by atoms with E-state index in [4.69, 9.17) is 11.6 Å². The van der Waals surface area contributed by atoms with Gasteiger partial charge in [0.1, 0.15) is 0 Å². The van der Waals surface area contributed by atoms with Crippen LogP contribution >= 0.6 is 11.6 Å². The summed E-state index contributed by atoms with van der Waals surface area (Å²) in [5, 5.41) is 4.77. The molecule has 3 nitrogen and oxygen atoms in total. The van der Waals surface area contributed by atoms with Gasteiger partial charge in [0.2, 0.25) is 0 Å². The lowest BCUT2D eigenvalue weighted by Crippen LogP contribution is -1.98. The van der Waals surface area contributed by atoms with E-state index in [1.807, 2.05) is 19.1 Å². The molecule has 0 aliphatic heterocycles. The van der Waals surface area contributed by atoms with Gasteiger partial charge in [-0.15, -0.1) is 0 Å². The molecule has 0 saturated heterocycles. The minimum Gasteiger partial charge on any atom is -0.298 e. The van der Waals surface area contributed by atoms with Crippen LogP contribution in [0, 0.1) is 6.92 Å². The molecular formula is C11H9ClN2O. The van der Waals surface area contributed by atoms with E-state index in [1.165, 1.54) is 0 Å². The van der Waals surface area contributed by atoms with Gasteiger partial charge in [0, 0.05) is 5.02 Å². The van der Waals surface area contributed by atoms with Gasteiger partial charge in [0.15, 0.2) is 6.29 Å². The van der Waals surface area contributed by atoms with Crippen molar-refractivity contribution in [2.45, 2.75) is 6.92 Å². The van der Waals surface area contributed by atoms with Crippen molar-refractivity contribution in [2.75, 3.05) is 0 Å².